The Hall–Kier alpha value is -0.210. The van der Waals surface area contributed by atoms with Gasteiger partial charge >= 0.3 is 10.4 Å². The van der Waals surface area contributed by atoms with Gasteiger partial charge in [0.25, 0.3) is 0 Å². The molecule has 0 aromatic rings. The first-order chi connectivity index (χ1) is 4.39. The first-order valence-corrected chi connectivity index (χ1v) is 3.77. The van der Waals surface area contributed by atoms with Crippen LogP contribution >= 0.6 is 0 Å². The van der Waals surface area contributed by atoms with Gasteiger partial charge in [-0.3, -0.25) is 9.11 Å². The average Bonchev–Trinajstić information content (AvgIpc) is 1.56. The van der Waals surface area contributed by atoms with Gasteiger partial charge in [-0.05, 0) is 6.92 Å². The van der Waals surface area contributed by atoms with Crippen LogP contribution in [0.1, 0.15) is 6.92 Å². The maximum atomic E-state index is 8.74. The third-order valence-electron chi connectivity index (χ3n) is 0.535. The lowest BCUT2D eigenvalue weighted by molar-refractivity contribution is -0.419. The largest absolute Gasteiger partial charge is 0.394 e. The van der Waals surface area contributed by atoms with Crippen LogP contribution < -0.4 is 0 Å². The lowest BCUT2D eigenvalue weighted by atomic mass is 10.4. The van der Waals surface area contributed by atoms with Gasteiger partial charge in [-0.1, -0.05) is 0 Å². The molecule has 1 aliphatic rings. The molecule has 0 amide bonds. The molecule has 1 atom stereocenters. The van der Waals surface area contributed by atoms with Crippen LogP contribution in [0.4, 0.5) is 0 Å². The van der Waals surface area contributed by atoms with Crippen LogP contribution in [0.2, 0.25) is 0 Å². The fourth-order valence-corrected chi connectivity index (χ4v) is 0.204. The highest BCUT2D eigenvalue weighted by Gasteiger charge is 2.11. The lowest BCUT2D eigenvalue weighted by Gasteiger charge is -2.18. The average molecular weight is 172 g/mol. The number of rotatable bonds is 0. The van der Waals surface area contributed by atoms with Crippen molar-refractivity contribution in [3.8, 4) is 0 Å². The molecule has 0 radical (unpaired) electrons. The Bertz CT molecular complexity index is 159. The van der Waals surface area contributed by atoms with Crippen LogP contribution in [0.5, 0.6) is 0 Å². The zero-order valence-electron chi connectivity index (χ0n) is 5.22. The van der Waals surface area contributed by atoms with Crippen molar-refractivity contribution in [1.82, 2.24) is 0 Å². The molecule has 0 aromatic carbocycles. The summed E-state index contributed by atoms with van der Waals surface area (Å²) in [6.07, 6.45) is 0.343. The highest BCUT2D eigenvalue weighted by molar-refractivity contribution is 7.79. The molecule has 0 bridgehead atoms. The van der Waals surface area contributed by atoms with Gasteiger partial charge in [0.15, 0.2) is 0 Å². The van der Waals surface area contributed by atoms with E-state index in [2.05, 4.69) is 9.78 Å². The van der Waals surface area contributed by atoms with Crippen LogP contribution in [-0.2, 0) is 20.2 Å². The molecule has 6 nitrogen and oxygen atoms in total. The molecule has 1 rings (SSSR count). The van der Waals surface area contributed by atoms with E-state index in [0.29, 0.717) is 6.10 Å². The zero-order chi connectivity index (χ0) is 8.20. The quantitative estimate of drug-likeness (QED) is 0.384. The minimum absolute atomic E-state index is 0.343. The Balaban J connectivity index is 0.000000162. The molecule has 0 aromatic heterocycles. The first kappa shape index (κ1) is 9.79. The molecule has 62 valence electrons. The summed E-state index contributed by atoms with van der Waals surface area (Å²) in [4.78, 5) is 8.77. The van der Waals surface area contributed by atoms with E-state index < -0.39 is 10.4 Å². The van der Waals surface area contributed by atoms with E-state index in [9.17, 15) is 0 Å². The van der Waals surface area contributed by atoms with E-state index in [1.54, 1.807) is 0 Å². The Labute approximate surface area is 58.3 Å². The summed E-state index contributed by atoms with van der Waals surface area (Å²) < 4.78 is 31.6. The van der Waals surface area contributed by atoms with Gasteiger partial charge in [0.05, 0.1) is 0 Å². The second kappa shape index (κ2) is 3.84. The molecule has 1 fully saturated rings. The zero-order valence-corrected chi connectivity index (χ0v) is 6.04. The van der Waals surface area contributed by atoms with E-state index in [-0.39, 0.29) is 0 Å². The van der Waals surface area contributed by atoms with Crippen LogP contribution in [0.3, 0.4) is 0 Å². The van der Waals surface area contributed by atoms with Gasteiger partial charge in [-0.15, -0.1) is 0 Å². The normalized spacial score (nSPS) is 24.1. The van der Waals surface area contributed by atoms with Gasteiger partial charge in [0.1, 0.15) is 12.7 Å². The summed E-state index contributed by atoms with van der Waals surface area (Å²) in [5, 5.41) is 0. The molecular formula is C3H8O6S. The van der Waals surface area contributed by atoms with E-state index in [1.165, 1.54) is 0 Å². The minimum atomic E-state index is -4.67. The molecule has 0 aliphatic carbocycles. The van der Waals surface area contributed by atoms with Crippen LogP contribution in [0.25, 0.3) is 0 Å². The van der Waals surface area contributed by atoms with E-state index in [0.717, 1.165) is 6.61 Å². The Morgan fingerprint density at radius 1 is 1.50 bits per heavy atom. The van der Waals surface area contributed by atoms with Crippen molar-refractivity contribution in [1.29, 1.82) is 0 Å². The van der Waals surface area contributed by atoms with Crippen LogP contribution in [0.15, 0.2) is 0 Å². The highest BCUT2D eigenvalue weighted by atomic mass is 32.3. The summed E-state index contributed by atoms with van der Waals surface area (Å²) in [6, 6.07) is 0. The predicted octanol–water partition coefficient (Wildman–Crippen LogP) is -0.316. The minimum Gasteiger partial charge on any atom is -0.264 e. The standard InChI is InChI=1S/C3H6O2.H2O4S/c1-3-2-4-5-3;1-5(2,3)4/h3H,2H2,1H3;(H2,1,2,3,4). The molecule has 1 saturated heterocycles. The second-order valence-corrected chi connectivity index (χ2v) is 2.53. The Morgan fingerprint density at radius 2 is 1.70 bits per heavy atom. The third-order valence-corrected chi connectivity index (χ3v) is 0.535. The highest BCUT2D eigenvalue weighted by Crippen LogP contribution is 2.02. The Kier molecular flexibility index (Phi) is 3.76. The summed E-state index contributed by atoms with van der Waals surface area (Å²) in [6.45, 7) is 2.73. The molecule has 1 aliphatic heterocycles. The maximum Gasteiger partial charge on any atom is 0.394 e. The summed E-state index contributed by atoms with van der Waals surface area (Å²) in [5.41, 5.74) is 0. The van der Waals surface area contributed by atoms with Crippen molar-refractivity contribution < 1.29 is 27.3 Å². The molecule has 0 spiro atoms. The SMILES string of the molecule is CC1COO1.O=S(=O)(O)O. The third kappa shape index (κ3) is 10.7. The van der Waals surface area contributed by atoms with Crippen molar-refractivity contribution in [2.75, 3.05) is 6.61 Å². The van der Waals surface area contributed by atoms with Gasteiger partial charge in [0.2, 0.25) is 0 Å². The second-order valence-electron chi connectivity index (χ2n) is 1.64. The molecule has 2 N–H and O–H groups in total. The predicted molar refractivity (Wildman–Crippen MR) is 30.7 cm³/mol. The van der Waals surface area contributed by atoms with Crippen molar-refractivity contribution in [3.05, 3.63) is 0 Å². The van der Waals surface area contributed by atoms with Gasteiger partial charge in [0, 0.05) is 0 Å². The Morgan fingerprint density at radius 3 is 1.70 bits per heavy atom. The first-order valence-electron chi connectivity index (χ1n) is 2.38. The van der Waals surface area contributed by atoms with Crippen LogP contribution in [-0.4, -0.2) is 30.2 Å². The smallest absolute Gasteiger partial charge is 0.264 e. The summed E-state index contributed by atoms with van der Waals surface area (Å²) in [5.74, 6) is 0. The monoisotopic (exact) mass is 172 g/mol. The number of hydrogen-bond donors (Lipinski definition) is 2. The van der Waals surface area contributed by atoms with E-state index in [4.69, 9.17) is 17.5 Å². The van der Waals surface area contributed by atoms with Crippen molar-refractivity contribution in [2.45, 2.75) is 13.0 Å². The van der Waals surface area contributed by atoms with Crippen molar-refractivity contribution in [3.63, 3.8) is 0 Å². The van der Waals surface area contributed by atoms with E-state index in [1.807, 2.05) is 6.92 Å². The van der Waals surface area contributed by atoms with E-state index >= 15 is 0 Å². The fourth-order valence-electron chi connectivity index (χ4n) is 0.204. The molecule has 10 heavy (non-hydrogen) atoms. The number of hydrogen-bond acceptors (Lipinski definition) is 4. The lowest BCUT2D eigenvalue weighted by Crippen LogP contribution is -2.26. The van der Waals surface area contributed by atoms with Gasteiger partial charge in [-0.25, -0.2) is 9.78 Å². The van der Waals surface area contributed by atoms with Gasteiger partial charge in [-0.2, -0.15) is 8.42 Å². The molecule has 7 heteroatoms. The molecule has 0 saturated carbocycles. The maximum absolute atomic E-state index is 8.74. The fraction of sp³-hybridized carbons (Fsp3) is 1.00. The molecular weight excluding hydrogens is 164 g/mol. The van der Waals surface area contributed by atoms with Crippen LogP contribution in [0, 0.1) is 0 Å². The summed E-state index contributed by atoms with van der Waals surface area (Å²) >= 11 is 0. The van der Waals surface area contributed by atoms with Crippen molar-refractivity contribution in [2.24, 2.45) is 0 Å². The van der Waals surface area contributed by atoms with Crippen molar-refractivity contribution >= 4 is 10.4 Å². The summed E-state index contributed by atoms with van der Waals surface area (Å²) in [7, 11) is -4.67. The van der Waals surface area contributed by atoms with Gasteiger partial charge < -0.3 is 0 Å². The molecule has 1 heterocycles. The molecule has 1 unspecified atom stereocenters. The topological polar surface area (TPSA) is 93.1 Å².